The predicted octanol–water partition coefficient (Wildman–Crippen LogP) is 1.86. The lowest BCUT2D eigenvalue weighted by Gasteiger charge is -2.21. The van der Waals surface area contributed by atoms with Crippen LogP contribution in [-0.2, 0) is 9.53 Å². The third kappa shape index (κ3) is 3.82. The van der Waals surface area contributed by atoms with E-state index in [0.717, 1.165) is 12.8 Å². The first kappa shape index (κ1) is 10.9. The Labute approximate surface area is 91.6 Å². The van der Waals surface area contributed by atoms with Gasteiger partial charge in [0.2, 0.25) is 5.91 Å². The Morgan fingerprint density at radius 3 is 2.53 bits per heavy atom. The summed E-state index contributed by atoms with van der Waals surface area (Å²) < 4.78 is 5.72. The van der Waals surface area contributed by atoms with Crippen LogP contribution in [0.1, 0.15) is 44.9 Å². The zero-order valence-electron chi connectivity index (χ0n) is 9.34. The van der Waals surface area contributed by atoms with E-state index < -0.39 is 0 Å². The van der Waals surface area contributed by atoms with Gasteiger partial charge in [-0.05, 0) is 25.7 Å². The van der Waals surface area contributed by atoms with Crippen molar-refractivity contribution in [3.63, 3.8) is 0 Å². The van der Waals surface area contributed by atoms with Crippen LogP contribution in [0.15, 0.2) is 0 Å². The molecule has 2 aliphatic rings. The zero-order chi connectivity index (χ0) is 10.5. The van der Waals surface area contributed by atoms with Crippen molar-refractivity contribution in [1.82, 2.24) is 5.32 Å². The number of nitrogens with one attached hydrogen (secondary N) is 1. The quantitative estimate of drug-likeness (QED) is 0.705. The molecule has 3 nitrogen and oxygen atoms in total. The van der Waals surface area contributed by atoms with Crippen LogP contribution in [0.3, 0.4) is 0 Å². The maximum atomic E-state index is 11.3. The summed E-state index contributed by atoms with van der Waals surface area (Å²) in [6, 6.07) is 0. The second kappa shape index (κ2) is 5.50. The van der Waals surface area contributed by atoms with E-state index in [0.29, 0.717) is 25.2 Å². The molecule has 2 aliphatic carbocycles. The van der Waals surface area contributed by atoms with Gasteiger partial charge in [-0.25, -0.2) is 0 Å². The van der Waals surface area contributed by atoms with E-state index in [1.54, 1.807) is 0 Å². The van der Waals surface area contributed by atoms with Gasteiger partial charge in [0.15, 0.2) is 0 Å². The van der Waals surface area contributed by atoms with Gasteiger partial charge in [0.25, 0.3) is 0 Å². The highest BCUT2D eigenvalue weighted by molar-refractivity contribution is 5.80. The molecule has 0 bridgehead atoms. The summed E-state index contributed by atoms with van der Waals surface area (Å²) in [5.41, 5.74) is 0. The molecule has 3 heteroatoms. The van der Waals surface area contributed by atoms with Crippen LogP contribution in [0.25, 0.3) is 0 Å². The molecular weight excluding hydrogens is 190 g/mol. The third-order valence-electron chi connectivity index (χ3n) is 3.26. The molecule has 15 heavy (non-hydrogen) atoms. The molecule has 0 atom stereocenters. The number of hydrogen-bond donors (Lipinski definition) is 1. The number of rotatable bonds is 5. The van der Waals surface area contributed by atoms with Crippen molar-refractivity contribution in [3.05, 3.63) is 0 Å². The van der Waals surface area contributed by atoms with Gasteiger partial charge in [-0.1, -0.05) is 19.3 Å². The van der Waals surface area contributed by atoms with Gasteiger partial charge in [-0.2, -0.15) is 0 Å². The van der Waals surface area contributed by atoms with Crippen LogP contribution in [0.4, 0.5) is 0 Å². The lowest BCUT2D eigenvalue weighted by Crippen LogP contribution is -2.30. The maximum Gasteiger partial charge on any atom is 0.223 e. The normalized spacial score (nSPS) is 22.7. The Balaban J connectivity index is 1.48. The SMILES string of the molecule is O=C(NCCOC1CCCCC1)C1CC1. The zero-order valence-corrected chi connectivity index (χ0v) is 9.34. The standard InChI is InChI=1S/C12H21NO2/c14-12(10-6-7-10)13-8-9-15-11-4-2-1-3-5-11/h10-11H,1-9H2,(H,13,14). The molecular formula is C12H21NO2. The van der Waals surface area contributed by atoms with Gasteiger partial charge in [0.1, 0.15) is 0 Å². The van der Waals surface area contributed by atoms with E-state index in [1.165, 1.54) is 32.1 Å². The summed E-state index contributed by atoms with van der Waals surface area (Å²) >= 11 is 0. The number of amides is 1. The van der Waals surface area contributed by atoms with E-state index in [-0.39, 0.29) is 5.91 Å². The Morgan fingerprint density at radius 2 is 1.87 bits per heavy atom. The second-order valence-corrected chi connectivity index (χ2v) is 4.70. The fraction of sp³-hybridized carbons (Fsp3) is 0.917. The van der Waals surface area contributed by atoms with Gasteiger partial charge in [-0.15, -0.1) is 0 Å². The Hall–Kier alpha value is -0.570. The average molecular weight is 211 g/mol. The fourth-order valence-corrected chi connectivity index (χ4v) is 2.12. The molecule has 2 rings (SSSR count). The Morgan fingerprint density at radius 1 is 1.13 bits per heavy atom. The third-order valence-corrected chi connectivity index (χ3v) is 3.26. The maximum absolute atomic E-state index is 11.3. The highest BCUT2D eigenvalue weighted by Crippen LogP contribution is 2.28. The average Bonchev–Trinajstić information content (AvgIpc) is 3.09. The molecule has 0 heterocycles. The first-order valence-corrected chi connectivity index (χ1v) is 6.25. The second-order valence-electron chi connectivity index (χ2n) is 4.70. The fourth-order valence-electron chi connectivity index (χ4n) is 2.12. The molecule has 0 aromatic heterocycles. The van der Waals surface area contributed by atoms with Crippen molar-refractivity contribution in [3.8, 4) is 0 Å². The van der Waals surface area contributed by atoms with Crippen LogP contribution >= 0.6 is 0 Å². The van der Waals surface area contributed by atoms with E-state index >= 15 is 0 Å². The molecule has 2 saturated carbocycles. The minimum Gasteiger partial charge on any atom is -0.376 e. The lowest BCUT2D eigenvalue weighted by atomic mass is 9.98. The van der Waals surface area contributed by atoms with E-state index in [1.807, 2.05) is 0 Å². The molecule has 1 amide bonds. The van der Waals surface area contributed by atoms with Crippen molar-refractivity contribution in [2.24, 2.45) is 5.92 Å². The van der Waals surface area contributed by atoms with Crippen molar-refractivity contribution in [2.45, 2.75) is 51.0 Å². The van der Waals surface area contributed by atoms with Gasteiger partial charge < -0.3 is 10.1 Å². The molecule has 0 saturated heterocycles. The monoisotopic (exact) mass is 211 g/mol. The van der Waals surface area contributed by atoms with Crippen molar-refractivity contribution in [1.29, 1.82) is 0 Å². The van der Waals surface area contributed by atoms with Crippen LogP contribution < -0.4 is 5.32 Å². The van der Waals surface area contributed by atoms with Gasteiger partial charge >= 0.3 is 0 Å². The van der Waals surface area contributed by atoms with Crippen LogP contribution in [-0.4, -0.2) is 25.2 Å². The van der Waals surface area contributed by atoms with Crippen molar-refractivity contribution in [2.75, 3.05) is 13.2 Å². The van der Waals surface area contributed by atoms with Crippen molar-refractivity contribution >= 4 is 5.91 Å². The van der Waals surface area contributed by atoms with Crippen LogP contribution in [0.2, 0.25) is 0 Å². The van der Waals surface area contributed by atoms with E-state index in [9.17, 15) is 4.79 Å². The van der Waals surface area contributed by atoms with Gasteiger partial charge in [0.05, 0.1) is 12.7 Å². The molecule has 2 fully saturated rings. The minimum atomic E-state index is 0.224. The summed E-state index contributed by atoms with van der Waals surface area (Å²) in [4.78, 5) is 11.3. The van der Waals surface area contributed by atoms with Crippen LogP contribution in [0.5, 0.6) is 0 Å². The summed E-state index contributed by atoms with van der Waals surface area (Å²) in [7, 11) is 0. The van der Waals surface area contributed by atoms with E-state index in [4.69, 9.17) is 4.74 Å². The smallest absolute Gasteiger partial charge is 0.223 e. The summed E-state index contributed by atoms with van der Waals surface area (Å²) in [6.45, 7) is 1.37. The molecule has 0 radical (unpaired) electrons. The molecule has 86 valence electrons. The molecule has 0 unspecified atom stereocenters. The highest BCUT2D eigenvalue weighted by atomic mass is 16.5. The lowest BCUT2D eigenvalue weighted by molar-refractivity contribution is -0.122. The molecule has 0 spiro atoms. The minimum absolute atomic E-state index is 0.224. The number of carbonyl (C=O) groups is 1. The first-order chi connectivity index (χ1) is 7.36. The molecule has 0 aromatic carbocycles. The Kier molecular flexibility index (Phi) is 4.01. The molecule has 1 N–H and O–H groups in total. The molecule has 0 aliphatic heterocycles. The van der Waals surface area contributed by atoms with Crippen LogP contribution in [0, 0.1) is 5.92 Å². The predicted molar refractivity (Wildman–Crippen MR) is 58.6 cm³/mol. The topological polar surface area (TPSA) is 38.3 Å². The highest BCUT2D eigenvalue weighted by Gasteiger charge is 2.29. The number of carbonyl (C=O) groups excluding carboxylic acids is 1. The van der Waals surface area contributed by atoms with Gasteiger partial charge in [0, 0.05) is 12.5 Å². The van der Waals surface area contributed by atoms with E-state index in [2.05, 4.69) is 5.32 Å². The summed E-state index contributed by atoms with van der Waals surface area (Å²) in [5, 5.41) is 2.92. The molecule has 0 aromatic rings. The Bertz CT molecular complexity index is 208. The number of hydrogen-bond acceptors (Lipinski definition) is 2. The van der Waals surface area contributed by atoms with Crippen molar-refractivity contribution < 1.29 is 9.53 Å². The largest absolute Gasteiger partial charge is 0.376 e. The first-order valence-electron chi connectivity index (χ1n) is 6.25. The summed E-state index contributed by atoms with van der Waals surface area (Å²) in [5.74, 6) is 0.543. The summed E-state index contributed by atoms with van der Waals surface area (Å²) in [6.07, 6.45) is 8.99. The van der Waals surface area contributed by atoms with Gasteiger partial charge in [-0.3, -0.25) is 4.79 Å². The number of ether oxygens (including phenoxy) is 1.